The first-order valence-corrected chi connectivity index (χ1v) is 11.6. The van der Waals surface area contributed by atoms with Gasteiger partial charge in [0.2, 0.25) is 0 Å². The molecule has 3 aliphatic carbocycles. The lowest BCUT2D eigenvalue weighted by molar-refractivity contribution is -0.141. The van der Waals surface area contributed by atoms with Gasteiger partial charge in [0.15, 0.2) is 0 Å². The fourth-order valence-electron chi connectivity index (χ4n) is 7.72. The Bertz CT molecular complexity index is 875. The van der Waals surface area contributed by atoms with E-state index in [0.29, 0.717) is 29.2 Å². The molecule has 1 aliphatic heterocycles. The minimum Gasteiger partial charge on any atom is -0.467 e. The Labute approximate surface area is 179 Å². The number of fused-ring (bicyclic) bond motifs is 5. The van der Waals surface area contributed by atoms with Gasteiger partial charge in [-0.25, -0.2) is 0 Å². The Kier molecular flexibility index (Phi) is 4.64. The van der Waals surface area contributed by atoms with Crippen LogP contribution in [-0.2, 0) is 16.1 Å². The molecule has 0 saturated heterocycles. The minimum atomic E-state index is -0.286. The molecule has 3 saturated carbocycles. The van der Waals surface area contributed by atoms with Crippen LogP contribution in [0.25, 0.3) is 0 Å². The van der Waals surface area contributed by atoms with Crippen LogP contribution in [-0.4, -0.2) is 29.8 Å². The summed E-state index contributed by atoms with van der Waals surface area (Å²) in [5.74, 6) is 2.34. The first-order chi connectivity index (χ1) is 14.3. The zero-order valence-electron chi connectivity index (χ0n) is 18.4. The Morgan fingerprint density at radius 2 is 2.03 bits per heavy atom. The number of nitrogens with zero attached hydrogens (tertiary/aromatic N) is 1. The normalized spacial score (nSPS) is 40.3. The van der Waals surface area contributed by atoms with Gasteiger partial charge in [-0.15, -0.1) is 0 Å². The number of carbonyl (C=O) groups is 2. The van der Waals surface area contributed by atoms with Crippen molar-refractivity contribution >= 4 is 11.8 Å². The molecule has 0 bridgehead atoms. The number of hydrogen-bond acceptors (Lipinski definition) is 3. The summed E-state index contributed by atoms with van der Waals surface area (Å²) in [6, 6.07) is 3.82. The van der Waals surface area contributed by atoms with Crippen molar-refractivity contribution in [3.8, 4) is 0 Å². The quantitative estimate of drug-likeness (QED) is 0.756. The maximum atomic E-state index is 13.1. The first-order valence-electron chi connectivity index (χ1n) is 11.6. The van der Waals surface area contributed by atoms with Gasteiger partial charge in [-0.2, -0.15) is 0 Å². The number of hydrogen-bond donors (Lipinski definition) is 1. The van der Waals surface area contributed by atoms with E-state index in [0.717, 1.165) is 18.3 Å². The summed E-state index contributed by atoms with van der Waals surface area (Å²) in [7, 11) is 1.89. The number of likely N-dealkylation sites (N-methyl/N-ethyl adjacent to an activating group) is 1. The van der Waals surface area contributed by atoms with E-state index in [4.69, 9.17) is 4.42 Å². The summed E-state index contributed by atoms with van der Waals surface area (Å²) < 4.78 is 5.32. The molecule has 1 aromatic heterocycles. The smallest absolute Gasteiger partial charge is 0.259 e. The molecule has 0 aromatic carbocycles. The summed E-state index contributed by atoms with van der Waals surface area (Å²) in [4.78, 5) is 27.9. The second-order valence-corrected chi connectivity index (χ2v) is 10.7. The molecule has 1 N–H and O–H groups in total. The topological polar surface area (TPSA) is 62.6 Å². The van der Waals surface area contributed by atoms with Gasteiger partial charge in [-0.05, 0) is 73.8 Å². The number of furan rings is 1. The highest BCUT2D eigenvalue weighted by Crippen LogP contribution is 2.64. The van der Waals surface area contributed by atoms with Crippen LogP contribution in [0.15, 0.2) is 34.5 Å². The fourth-order valence-corrected chi connectivity index (χ4v) is 7.72. The fraction of sp³-hybridized carbons (Fsp3) is 0.680. The lowest BCUT2D eigenvalue weighted by Crippen LogP contribution is -2.61. The van der Waals surface area contributed by atoms with Crippen molar-refractivity contribution < 1.29 is 14.0 Å². The van der Waals surface area contributed by atoms with Crippen molar-refractivity contribution in [2.24, 2.45) is 28.6 Å². The maximum Gasteiger partial charge on any atom is 0.259 e. The van der Waals surface area contributed by atoms with Gasteiger partial charge >= 0.3 is 0 Å². The predicted molar refractivity (Wildman–Crippen MR) is 114 cm³/mol. The Balaban J connectivity index is 1.44. The molecule has 1 aromatic rings. The second-order valence-electron chi connectivity index (χ2n) is 10.7. The van der Waals surface area contributed by atoms with Crippen LogP contribution in [0.5, 0.6) is 0 Å². The molecule has 0 radical (unpaired) electrons. The van der Waals surface area contributed by atoms with Crippen molar-refractivity contribution in [2.45, 2.75) is 71.4 Å². The van der Waals surface area contributed by atoms with E-state index in [9.17, 15) is 9.59 Å². The van der Waals surface area contributed by atoms with E-state index in [1.165, 1.54) is 38.5 Å². The van der Waals surface area contributed by atoms with Crippen molar-refractivity contribution in [3.05, 3.63) is 35.8 Å². The van der Waals surface area contributed by atoms with E-state index < -0.39 is 0 Å². The summed E-state index contributed by atoms with van der Waals surface area (Å²) in [5.41, 5.74) is 0.684. The number of rotatable bonds is 3. The third-order valence-corrected chi connectivity index (χ3v) is 9.23. The third kappa shape index (κ3) is 2.88. The first kappa shape index (κ1) is 19.9. The lowest BCUT2D eigenvalue weighted by Gasteiger charge is -2.60. The molecule has 5 rings (SSSR count). The van der Waals surface area contributed by atoms with Gasteiger partial charge in [0.25, 0.3) is 11.8 Å². The molecule has 6 atom stereocenters. The van der Waals surface area contributed by atoms with E-state index in [1.807, 2.05) is 18.0 Å². The molecule has 2 heterocycles. The Morgan fingerprint density at radius 3 is 2.80 bits per heavy atom. The van der Waals surface area contributed by atoms with Crippen molar-refractivity contribution in [1.82, 2.24) is 10.2 Å². The maximum absolute atomic E-state index is 13.1. The largest absolute Gasteiger partial charge is 0.467 e. The predicted octanol–water partition coefficient (Wildman–Crippen LogP) is 4.30. The number of nitrogens with one attached hydrogen (secondary N) is 1. The van der Waals surface area contributed by atoms with Gasteiger partial charge in [0.05, 0.1) is 12.8 Å². The van der Waals surface area contributed by atoms with Gasteiger partial charge in [0, 0.05) is 18.5 Å². The summed E-state index contributed by atoms with van der Waals surface area (Å²) >= 11 is 0. The highest BCUT2D eigenvalue weighted by Gasteiger charge is 2.59. The standard InChI is InChI=1S/C25H34N2O3/c1-24-11-4-7-19(24)17-8-9-21-25(2,20(17)10-12-24)14-18(23(29)27(21)3)22(28)26-15-16-6-5-13-30-16/h5-6,13-14,17,19-21H,4,7-12,15H2,1-3H3,(H,26,28)/t17-,19-,20+,21?,24-,25+/m0/s1. The van der Waals surface area contributed by atoms with Crippen LogP contribution < -0.4 is 5.32 Å². The van der Waals surface area contributed by atoms with Crippen LogP contribution in [0.3, 0.4) is 0 Å². The van der Waals surface area contributed by atoms with Gasteiger partial charge in [0.1, 0.15) is 11.3 Å². The van der Waals surface area contributed by atoms with E-state index >= 15 is 0 Å². The molecule has 30 heavy (non-hydrogen) atoms. The molecule has 5 nitrogen and oxygen atoms in total. The molecule has 4 aliphatic rings. The van der Waals surface area contributed by atoms with Crippen LogP contribution in [0.4, 0.5) is 0 Å². The van der Waals surface area contributed by atoms with Crippen LogP contribution in [0, 0.1) is 28.6 Å². The monoisotopic (exact) mass is 410 g/mol. The number of amides is 2. The lowest BCUT2D eigenvalue weighted by atomic mass is 9.48. The molecule has 1 unspecified atom stereocenters. The Morgan fingerprint density at radius 1 is 1.20 bits per heavy atom. The highest BCUT2D eigenvalue weighted by atomic mass is 16.3. The highest BCUT2D eigenvalue weighted by molar-refractivity contribution is 6.19. The molecule has 2 amide bonds. The second kappa shape index (κ2) is 7.00. The van der Waals surface area contributed by atoms with Crippen molar-refractivity contribution in [2.75, 3.05) is 7.05 Å². The number of carbonyl (C=O) groups excluding carboxylic acids is 2. The van der Waals surface area contributed by atoms with Crippen LogP contribution in [0.2, 0.25) is 0 Å². The molecule has 162 valence electrons. The molecule has 5 heteroatoms. The average Bonchev–Trinajstić information content (AvgIpc) is 3.38. The molecular formula is C25H34N2O3. The van der Waals surface area contributed by atoms with Crippen LogP contribution in [0.1, 0.15) is 64.6 Å². The van der Waals surface area contributed by atoms with Crippen molar-refractivity contribution in [3.63, 3.8) is 0 Å². The Hall–Kier alpha value is -2.04. The average molecular weight is 411 g/mol. The molecular weight excluding hydrogens is 376 g/mol. The zero-order valence-corrected chi connectivity index (χ0v) is 18.4. The van der Waals surface area contributed by atoms with Gasteiger partial charge in [-0.3, -0.25) is 9.59 Å². The van der Waals surface area contributed by atoms with E-state index in [1.54, 1.807) is 12.3 Å². The third-order valence-electron chi connectivity index (χ3n) is 9.23. The van der Waals surface area contributed by atoms with Gasteiger partial charge < -0.3 is 14.6 Å². The van der Waals surface area contributed by atoms with E-state index in [2.05, 4.69) is 25.2 Å². The van der Waals surface area contributed by atoms with E-state index in [-0.39, 0.29) is 23.3 Å². The van der Waals surface area contributed by atoms with Gasteiger partial charge in [-0.1, -0.05) is 26.3 Å². The summed E-state index contributed by atoms with van der Waals surface area (Å²) in [5, 5.41) is 2.89. The minimum absolute atomic E-state index is 0.132. The van der Waals surface area contributed by atoms with Crippen molar-refractivity contribution in [1.29, 1.82) is 0 Å². The zero-order chi connectivity index (χ0) is 21.1. The SMILES string of the molecule is CN1C(=O)C(C(=O)NCc2ccco2)=C[C@@]2(C)C1CC[C@@H]1[C@H]2CC[C@]2(C)CCC[C@@H]12. The van der Waals surface area contributed by atoms with Crippen LogP contribution >= 0.6 is 0 Å². The molecule has 0 spiro atoms. The summed E-state index contributed by atoms with van der Waals surface area (Å²) in [6.45, 7) is 5.12. The molecule has 3 fully saturated rings. The summed E-state index contributed by atoms with van der Waals surface area (Å²) in [6.07, 6.45) is 12.5.